The summed E-state index contributed by atoms with van der Waals surface area (Å²) in [6, 6.07) is 0.542. The number of hydrogen-bond donors (Lipinski definition) is 2. The van der Waals surface area contributed by atoms with Gasteiger partial charge in [0.2, 0.25) is 0 Å². The summed E-state index contributed by atoms with van der Waals surface area (Å²) >= 11 is 0. The van der Waals surface area contributed by atoms with Gasteiger partial charge in [0, 0.05) is 24.7 Å². The zero-order valence-corrected chi connectivity index (χ0v) is 13.0. The Morgan fingerprint density at radius 3 is 3.19 bits per heavy atom. The molecular weight excluding hydrogens is 266 g/mol. The van der Waals surface area contributed by atoms with Crippen LogP contribution in [0.25, 0.3) is 0 Å². The van der Waals surface area contributed by atoms with Crippen molar-refractivity contribution < 1.29 is 5.11 Å². The fraction of sp³-hybridized carbons (Fsp3) is 0.867. The van der Waals surface area contributed by atoms with Gasteiger partial charge in [0.1, 0.15) is 12.2 Å². The molecule has 118 valence electrons. The molecule has 0 aromatic carbocycles. The number of aromatic nitrogens is 3. The summed E-state index contributed by atoms with van der Waals surface area (Å²) in [7, 11) is 0. The monoisotopic (exact) mass is 293 g/mol. The second kappa shape index (κ2) is 6.42. The zero-order chi connectivity index (χ0) is 14.7. The van der Waals surface area contributed by atoms with Gasteiger partial charge in [-0.05, 0) is 38.6 Å². The Balaban J connectivity index is 1.66. The lowest BCUT2D eigenvalue weighted by Gasteiger charge is -2.45. The topological polar surface area (TPSA) is 66.2 Å². The minimum atomic E-state index is -0.0793. The molecule has 1 aromatic heterocycles. The summed E-state index contributed by atoms with van der Waals surface area (Å²) in [5, 5.41) is 21.7. The summed E-state index contributed by atoms with van der Waals surface area (Å²) < 4.78 is 2.15. The van der Waals surface area contributed by atoms with Gasteiger partial charge in [0.25, 0.3) is 0 Å². The van der Waals surface area contributed by atoms with E-state index in [-0.39, 0.29) is 12.1 Å². The number of fused-ring (bicyclic) bond motifs is 1. The van der Waals surface area contributed by atoms with Crippen LogP contribution >= 0.6 is 0 Å². The van der Waals surface area contributed by atoms with Crippen LogP contribution < -0.4 is 5.32 Å². The van der Waals surface area contributed by atoms with Crippen molar-refractivity contribution in [3.05, 3.63) is 12.2 Å². The summed E-state index contributed by atoms with van der Waals surface area (Å²) in [5.41, 5.74) is -0.0793. The molecule has 0 amide bonds. The molecule has 1 aliphatic heterocycles. The third-order valence-corrected chi connectivity index (χ3v) is 5.06. The molecule has 6 heteroatoms. The Hall–Kier alpha value is -0.980. The minimum Gasteiger partial charge on any atom is -0.394 e. The van der Waals surface area contributed by atoms with E-state index in [0.717, 1.165) is 51.3 Å². The van der Waals surface area contributed by atoms with Gasteiger partial charge in [-0.15, -0.1) is 10.2 Å². The molecular formula is C15H27N5O. The largest absolute Gasteiger partial charge is 0.394 e. The van der Waals surface area contributed by atoms with E-state index in [4.69, 9.17) is 0 Å². The second-order valence-electron chi connectivity index (χ2n) is 6.53. The fourth-order valence-electron chi connectivity index (χ4n) is 3.79. The molecule has 3 rings (SSSR count). The molecule has 6 nitrogen and oxygen atoms in total. The molecule has 0 saturated heterocycles. The molecule has 21 heavy (non-hydrogen) atoms. The van der Waals surface area contributed by atoms with E-state index in [2.05, 4.69) is 31.9 Å². The van der Waals surface area contributed by atoms with Gasteiger partial charge in [-0.1, -0.05) is 6.92 Å². The van der Waals surface area contributed by atoms with Crippen LogP contribution in [0.5, 0.6) is 0 Å². The van der Waals surface area contributed by atoms with Gasteiger partial charge < -0.3 is 15.0 Å². The highest BCUT2D eigenvalue weighted by atomic mass is 16.3. The quantitative estimate of drug-likeness (QED) is 0.839. The Morgan fingerprint density at radius 2 is 2.38 bits per heavy atom. The molecule has 1 aliphatic carbocycles. The van der Waals surface area contributed by atoms with Gasteiger partial charge >= 0.3 is 0 Å². The van der Waals surface area contributed by atoms with Crippen molar-refractivity contribution in [2.45, 2.75) is 63.7 Å². The van der Waals surface area contributed by atoms with Crippen LogP contribution in [0.15, 0.2) is 6.33 Å². The fourth-order valence-corrected chi connectivity index (χ4v) is 3.79. The third kappa shape index (κ3) is 3.12. The van der Waals surface area contributed by atoms with Gasteiger partial charge in [-0.3, -0.25) is 4.90 Å². The standard InChI is InChI=1S/C15H27N5O/c1-2-6-16-15(11-21)5-3-4-13(9-15)19-7-8-20-12-17-18-14(20)10-19/h12-13,16,21H,2-11H2,1H3. The smallest absolute Gasteiger partial charge is 0.147 e. The molecule has 2 atom stereocenters. The lowest BCUT2D eigenvalue weighted by molar-refractivity contribution is 0.0464. The van der Waals surface area contributed by atoms with Crippen molar-refractivity contribution in [2.24, 2.45) is 0 Å². The first-order valence-corrected chi connectivity index (χ1v) is 8.23. The van der Waals surface area contributed by atoms with E-state index in [1.807, 2.05) is 6.33 Å². The predicted molar refractivity (Wildman–Crippen MR) is 80.8 cm³/mol. The maximum atomic E-state index is 9.90. The van der Waals surface area contributed by atoms with E-state index >= 15 is 0 Å². The van der Waals surface area contributed by atoms with Crippen molar-refractivity contribution in [3.63, 3.8) is 0 Å². The molecule has 2 unspecified atom stereocenters. The first-order valence-electron chi connectivity index (χ1n) is 8.23. The molecule has 2 aliphatic rings. The maximum Gasteiger partial charge on any atom is 0.147 e. The van der Waals surface area contributed by atoms with Gasteiger partial charge in [0.15, 0.2) is 0 Å². The number of hydrogen-bond acceptors (Lipinski definition) is 5. The molecule has 1 fully saturated rings. The van der Waals surface area contributed by atoms with Crippen molar-refractivity contribution in [3.8, 4) is 0 Å². The Bertz CT molecular complexity index is 463. The Kier molecular flexibility index (Phi) is 4.57. The molecule has 2 N–H and O–H groups in total. The molecule has 1 aromatic rings. The summed E-state index contributed by atoms with van der Waals surface area (Å²) in [4.78, 5) is 2.53. The summed E-state index contributed by atoms with van der Waals surface area (Å²) in [6.07, 6.45) is 7.48. The third-order valence-electron chi connectivity index (χ3n) is 5.06. The van der Waals surface area contributed by atoms with E-state index in [1.54, 1.807) is 0 Å². The van der Waals surface area contributed by atoms with Crippen molar-refractivity contribution in [1.82, 2.24) is 25.0 Å². The first-order chi connectivity index (χ1) is 10.3. The second-order valence-corrected chi connectivity index (χ2v) is 6.53. The molecule has 0 radical (unpaired) electrons. The highest BCUT2D eigenvalue weighted by Gasteiger charge is 2.38. The summed E-state index contributed by atoms with van der Waals surface area (Å²) in [6.45, 7) is 6.34. The molecule has 1 saturated carbocycles. The lowest BCUT2D eigenvalue weighted by Crippen LogP contribution is -2.56. The average Bonchev–Trinajstić information content (AvgIpc) is 3.00. The van der Waals surface area contributed by atoms with Crippen LogP contribution in [0.4, 0.5) is 0 Å². The van der Waals surface area contributed by atoms with Crippen molar-refractivity contribution in [2.75, 3.05) is 19.7 Å². The zero-order valence-electron chi connectivity index (χ0n) is 13.0. The van der Waals surface area contributed by atoms with Gasteiger partial charge in [-0.25, -0.2) is 0 Å². The van der Waals surface area contributed by atoms with E-state index < -0.39 is 0 Å². The SMILES string of the molecule is CCCNC1(CO)CCCC(N2CCn3cnnc3C2)C1. The molecule has 0 bridgehead atoms. The van der Waals surface area contributed by atoms with E-state index in [1.165, 1.54) is 12.8 Å². The normalized spacial score (nSPS) is 30.3. The predicted octanol–water partition coefficient (Wildman–Crippen LogP) is 0.767. The van der Waals surface area contributed by atoms with Crippen molar-refractivity contribution >= 4 is 0 Å². The van der Waals surface area contributed by atoms with Crippen LogP contribution in [0.1, 0.15) is 44.9 Å². The van der Waals surface area contributed by atoms with Crippen LogP contribution in [0.3, 0.4) is 0 Å². The van der Waals surface area contributed by atoms with Crippen LogP contribution in [-0.2, 0) is 13.1 Å². The van der Waals surface area contributed by atoms with Crippen LogP contribution in [-0.4, -0.2) is 56.0 Å². The average molecular weight is 293 g/mol. The Morgan fingerprint density at radius 1 is 1.48 bits per heavy atom. The van der Waals surface area contributed by atoms with E-state index in [0.29, 0.717) is 6.04 Å². The maximum absolute atomic E-state index is 9.90. The van der Waals surface area contributed by atoms with Gasteiger partial charge in [-0.2, -0.15) is 0 Å². The Labute approximate surface area is 126 Å². The molecule has 2 heterocycles. The van der Waals surface area contributed by atoms with Crippen LogP contribution in [0, 0.1) is 0 Å². The van der Waals surface area contributed by atoms with Crippen molar-refractivity contribution in [1.29, 1.82) is 0 Å². The number of rotatable bonds is 5. The highest BCUT2D eigenvalue weighted by Crippen LogP contribution is 2.32. The highest BCUT2D eigenvalue weighted by molar-refractivity contribution is 4.99. The van der Waals surface area contributed by atoms with E-state index in [9.17, 15) is 5.11 Å². The number of nitrogens with one attached hydrogen (secondary N) is 1. The summed E-state index contributed by atoms with van der Waals surface area (Å²) in [5.74, 6) is 1.07. The molecule has 0 spiro atoms. The number of aliphatic hydroxyl groups is 1. The minimum absolute atomic E-state index is 0.0793. The number of nitrogens with zero attached hydrogens (tertiary/aromatic N) is 4. The van der Waals surface area contributed by atoms with Gasteiger partial charge in [0.05, 0.1) is 13.2 Å². The van der Waals surface area contributed by atoms with Crippen LogP contribution in [0.2, 0.25) is 0 Å². The lowest BCUT2D eigenvalue weighted by atomic mass is 9.78. The number of aliphatic hydroxyl groups excluding tert-OH is 1. The first kappa shape index (κ1) is 14.9.